The Morgan fingerprint density at radius 1 is 1.43 bits per heavy atom. The summed E-state index contributed by atoms with van der Waals surface area (Å²) in [4.78, 5) is 8.64. The minimum absolute atomic E-state index is 0.679. The van der Waals surface area contributed by atoms with E-state index in [1.807, 2.05) is 6.92 Å². The fourth-order valence-corrected chi connectivity index (χ4v) is 1.30. The number of rotatable bonds is 3. The van der Waals surface area contributed by atoms with E-state index in [0.717, 1.165) is 29.7 Å². The Balaban J connectivity index is 2.38. The van der Waals surface area contributed by atoms with Crippen LogP contribution in [0.3, 0.4) is 0 Å². The molecule has 0 saturated heterocycles. The highest BCUT2D eigenvalue weighted by Gasteiger charge is 2.04. The SMILES string of the molecule is CCCNc1nc(C)c2[nH]ncc2n1. The summed E-state index contributed by atoms with van der Waals surface area (Å²) in [7, 11) is 0. The Morgan fingerprint density at radius 3 is 3.07 bits per heavy atom. The molecule has 14 heavy (non-hydrogen) atoms. The van der Waals surface area contributed by atoms with Crippen molar-refractivity contribution in [3.05, 3.63) is 11.9 Å². The minimum atomic E-state index is 0.679. The molecule has 74 valence electrons. The van der Waals surface area contributed by atoms with Crippen molar-refractivity contribution in [3.8, 4) is 0 Å². The molecule has 0 radical (unpaired) electrons. The Labute approximate surface area is 82.0 Å². The highest BCUT2D eigenvalue weighted by molar-refractivity contribution is 5.76. The number of hydrogen-bond acceptors (Lipinski definition) is 4. The normalized spacial score (nSPS) is 10.7. The van der Waals surface area contributed by atoms with E-state index in [9.17, 15) is 0 Å². The lowest BCUT2D eigenvalue weighted by Crippen LogP contribution is -2.05. The molecule has 0 aliphatic heterocycles. The molecule has 0 aliphatic carbocycles. The van der Waals surface area contributed by atoms with E-state index in [0.29, 0.717) is 5.95 Å². The molecule has 5 heteroatoms. The first kappa shape index (κ1) is 8.93. The number of aromatic nitrogens is 4. The predicted octanol–water partition coefficient (Wildman–Crippen LogP) is 1.48. The van der Waals surface area contributed by atoms with Crippen LogP contribution in [0.25, 0.3) is 11.0 Å². The average molecular weight is 191 g/mol. The van der Waals surface area contributed by atoms with E-state index in [1.54, 1.807) is 6.20 Å². The number of anilines is 1. The van der Waals surface area contributed by atoms with E-state index in [4.69, 9.17) is 0 Å². The standard InChI is InChI=1S/C9H13N5/c1-3-4-10-9-12-6(2)8-7(13-9)5-11-14-8/h5H,3-4H2,1-2H3,(H,11,14)(H,10,12,13). The molecule has 5 nitrogen and oxygen atoms in total. The maximum Gasteiger partial charge on any atom is 0.223 e. The maximum absolute atomic E-state index is 4.32. The van der Waals surface area contributed by atoms with Crippen molar-refractivity contribution in [1.29, 1.82) is 0 Å². The molecule has 0 spiro atoms. The number of nitrogens with one attached hydrogen (secondary N) is 2. The van der Waals surface area contributed by atoms with E-state index in [1.165, 1.54) is 0 Å². The van der Waals surface area contributed by atoms with Crippen molar-refractivity contribution in [2.45, 2.75) is 20.3 Å². The molecule has 0 fully saturated rings. The summed E-state index contributed by atoms with van der Waals surface area (Å²) in [5.41, 5.74) is 2.69. The van der Waals surface area contributed by atoms with Gasteiger partial charge in [-0.15, -0.1) is 0 Å². The summed E-state index contributed by atoms with van der Waals surface area (Å²) in [6.45, 7) is 4.94. The van der Waals surface area contributed by atoms with Gasteiger partial charge in [0.05, 0.1) is 11.9 Å². The smallest absolute Gasteiger partial charge is 0.223 e. The Kier molecular flexibility index (Phi) is 2.30. The maximum atomic E-state index is 4.32. The first-order valence-electron chi connectivity index (χ1n) is 4.73. The molecule has 0 aromatic carbocycles. The summed E-state index contributed by atoms with van der Waals surface area (Å²) in [5.74, 6) is 0.679. The van der Waals surface area contributed by atoms with Crippen molar-refractivity contribution in [2.75, 3.05) is 11.9 Å². The predicted molar refractivity (Wildman–Crippen MR) is 55.2 cm³/mol. The van der Waals surface area contributed by atoms with Crippen molar-refractivity contribution in [2.24, 2.45) is 0 Å². The van der Waals surface area contributed by atoms with Gasteiger partial charge in [0.15, 0.2) is 0 Å². The lowest BCUT2D eigenvalue weighted by Gasteiger charge is -2.03. The fraction of sp³-hybridized carbons (Fsp3) is 0.444. The Hall–Kier alpha value is -1.65. The number of fused-ring (bicyclic) bond motifs is 1. The second-order valence-corrected chi connectivity index (χ2v) is 3.19. The van der Waals surface area contributed by atoms with Gasteiger partial charge in [0.1, 0.15) is 11.0 Å². The molecule has 2 heterocycles. The number of nitrogens with zero attached hydrogens (tertiary/aromatic N) is 3. The molecule has 0 amide bonds. The average Bonchev–Trinajstić information content (AvgIpc) is 2.63. The van der Waals surface area contributed by atoms with E-state index in [2.05, 4.69) is 32.4 Å². The Morgan fingerprint density at radius 2 is 2.29 bits per heavy atom. The molecular weight excluding hydrogens is 178 g/mol. The Bertz CT molecular complexity index is 434. The lowest BCUT2D eigenvalue weighted by molar-refractivity contribution is 0.952. The molecule has 0 unspecified atom stereocenters. The number of aromatic amines is 1. The zero-order valence-corrected chi connectivity index (χ0v) is 8.33. The molecule has 0 atom stereocenters. The van der Waals surface area contributed by atoms with Crippen molar-refractivity contribution < 1.29 is 0 Å². The van der Waals surface area contributed by atoms with Crippen LogP contribution in [-0.4, -0.2) is 26.7 Å². The van der Waals surface area contributed by atoms with Crippen molar-refractivity contribution in [3.63, 3.8) is 0 Å². The van der Waals surface area contributed by atoms with Crippen LogP contribution >= 0.6 is 0 Å². The van der Waals surface area contributed by atoms with Crippen LogP contribution in [0.4, 0.5) is 5.95 Å². The molecule has 2 aromatic rings. The fourth-order valence-electron chi connectivity index (χ4n) is 1.30. The molecule has 2 rings (SSSR count). The van der Waals surface area contributed by atoms with Crippen LogP contribution in [0.15, 0.2) is 6.20 Å². The second kappa shape index (κ2) is 3.61. The molecule has 0 saturated carbocycles. The van der Waals surface area contributed by atoms with Crippen LogP contribution in [0.5, 0.6) is 0 Å². The number of aryl methyl sites for hydroxylation is 1. The van der Waals surface area contributed by atoms with Crippen molar-refractivity contribution in [1.82, 2.24) is 20.2 Å². The molecule has 2 aromatic heterocycles. The first-order chi connectivity index (χ1) is 6.81. The second-order valence-electron chi connectivity index (χ2n) is 3.19. The highest BCUT2D eigenvalue weighted by atomic mass is 15.2. The third kappa shape index (κ3) is 1.53. The third-order valence-electron chi connectivity index (χ3n) is 2.01. The summed E-state index contributed by atoms with van der Waals surface area (Å²) < 4.78 is 0. The quantitative estimate of drug-likeness (QED) is 0.771. The van der Waals surface area contributed by atoms with Gasteiger partial charge in [0.25, 0.3) is 0 Å². The zero-order valence-electron chi connectivity index (χ0n) is 8.33. The van der Waals surface area contributed by atoms with Crippen LogP contribution in [0.2, 0.25) is 0 Å². The van der Waals surface area contributed by atoms with Crippen LogP contribution < -0.4 is 5.32 Å². The highest BCUT2D eigenvalue weighted by Crippen LogP contribution is 2.13. The van der Waals surface area contributed by atoms with Gasteiger partial charge in [-0.25, -0.2) is 9.97 Å². The van der Waals surface area contributed by atoms with Gasteiger partial charge in [-0.2, -0.15) is 5.10 Å². The van der Waals surface area contributed by atoms with Crippen LogP contribution in [0, 0.1) is 6.92 Å². The van der Waals surface area contributed by atoms with Crippen LogP contribution in [-0.2, 0) is 0 Å². The topological polar surface area (TPSA) is 66.5 Å². The van der Waals surface area contributed by atoms with Gasteiger partial charge in [-0.05, 0) is 13.3 Å². The van der Waals surface area contributed by atoms with Crippen molar-refractivity contribution >= 4 is 17.0 Å². The van der Waals surface area contributed by atoms with Gasteiger partial charge in [-0.3, -0.25) is 5.10 Å². The summed E-state index contributed by atoms with van der Waals surface area (Å²) in [6.07, 6.45) is 2.77. The van der Waals surface area contributed by atoms with Gasteiger partial charge >= 0.3 is 0 Å². The van der Waals surface area contributed by atoms with Crippen LogP contribution in [0.1, 0.15) is 19.0 Å². The molecule has 2 N–H and O–H groups in total. The van der Waals surface area contributed by atoms with E-state index >= 15 is 0 Å². The van der Waals surface area contributed by atoms with E-state index < -0.39 is 0 Å². The molecular formula is C9H13N5. The monoisotopic (exact) mass is 191 g/mol. The summed E-state index contributed by atoms with van der Waals surface area (Å²) in [6, 6.07) is 0. The number of H-pyrrole nitrogens is 1. The van der Waals surface area contributed by atoms with Gasteiger partial charge in [-0.1, -0.05) is 6.92 Å². The third-order valence-corrected chi connectivity index (χ3v) is 2.01. The van der Waals surface area contributed by atoms with Gasteiger partial charge < -0.3 is 5.32 Å². The van der Waals surface area contributed by atoms with Gasteiger partial charge in [0.2, 0.25) is 5.95 Å². The van der Waals surface area contributed by atoms with Gasteiger partial charge in [0, 0.05) is 6.54 Å². The lowest BCUT2D eigenvalue weighted by atomic mass is 10.3. The first-order valence-corrected chi connectivity index (χ1v) is 4.73. The summed E-state index contributed by atoms with van der Waals surface area (Å²) in [5, 5.41) is 9.95. The minimum Gasteiger partial charge on any atom is -0.354 e. The molecule has 0 aliphatic rings. The summed E-state index contributed by atoms with van der Waals surface area (Å²) >= 11 is 0. The number of hydrogen-bond donors (Lipinski definition) is 2. The largest absolute Gasteiger partial charge is 0.354 e. The molecule has 0 bridgehead atoms. The zero-order chi connectivity index (χ0) is 9.97. The van der Waals surface area contributed by atoms with E-state index in [-0.39, 0.29) is 0 Å².